The Hall–Kier alpha value is -2.04. The van der Waals surface area contributed by atoms with Crippen LogP contribution in [-0.4, -0.2) is 37.1 Å². The molecule has 0 bridgehead atoms. The number of nitrogens with one attached hydrogen (secondary N) is 1. The number of carbonyl (C=O) groups excluding carboxylic acids is 1. The molecular formula is C12H16N2O3. The standard InChI is InChI=1S/C12H16N2O3/c1-9-3-5-10(6-4-9)14(8-12(16)17)7-11(15)13-2/h3-6H,7-8H2,1-2H3,(H,13,15)(H,16,17). The van der Waals surface area contributed by atoms with Crippen molar-refractivity contribution < 1.29 is 14.7 Å². The summed E-state index contributed by atoms with van der Waals surface area (Å²) in [6, 6.07) is 7.38. The van der Waals surface area contributed by atoms with E-state index in [1.54, 1.807) is 12.1 Å². The summed E-state index contributed by atoms with van der Waals surface area (Å²) < 4.78 is 0. The smallest absolute Gasteiger partial charge is 0.323 e. The zero-order valence-electron chi connectivity index (χ0n) is 9.93. The predicted octanol–water partition coefficient (Wildman–Crippen LogP) is 0.632. The molecule has 5 nitrogen and oxygen atoms in total. The fraction of sp³-hybridized carbons (Fsp3) is 0.333. The molecule has 0 fully saturated rings. The van der Waals surface area contributed by atoms with Crippen molar-refractivity contribution in [1.82, 2.24) is 5.32 Å². The third-order valence-electron chi connectivity index (χ3n) is 2.34. The van der Waals surface area contributed by atoms with Crippen LogP contribution in [-0.2, 0) is 9.59 Å². The second-order valence-corrected chi connectivity index (χ2v) is 3.76. The van der Waals surface area contributed by atoms with E-state index in [-0.39, 0.29) is 19.0 Å². The summed E-state index contributed by atoms with van der Waals surface area (Å²) in [6.45, 7) is 1.78. The van der Waals surface area contributed by atoms with Gasteiger partial charge in [-0.25, -0.2) is 0 Å². The summed E-state index contributed by atoms with van der Waals surface area (Å²) >= 11 is 0. The van der Waals surface area contributed by atoms with Crippen LogP contribution < -0.4 is 10.2 Å². The molecule has 5 heteroatoms. The van der Waals surface area contributed by atoms with Gasteiger partial charge in [0.1, 0.15) is 6.54 Å². The molecule has 0 aromatic heterocycles. The number of carboxylic acids is 1. The van der Waals surface area contributed by atoms with Crippen molar-refractivity contribution in [1.29, 1.82) is 0 Å². The highest BCUT2D eigenvalue weighted by atomic mass is 16.4. The van der Waals surface area contributed by atoms with Gasteiger partial charge in [-0.05, 0) is 19.1 Å². The molecule has 0 radical (unpaired) electrons. The average molecular weight is 236 g/mol. The molecule has 2 N–H and O–H groups in total. The fourth-order valence-electron chi connectivity index (χ4n) is 1.41. The van der Waals surface area contributed by atoms with Crippen molar-refractivity contribution in [3.05, 3.63) is 29.8 Å². The number of nitrogens with zero attached hydrogens (tertiary/aromatic N) is 1. The van der Waals surface area contributed by atoms with Crippen LogP contribution in [0.25, 0.3) is 0 Å². The van der Waals surface area contributed by atoms with Crippen LogP contribution in [0.5, 0.6) is 0 Å². The molecule has 0 atom stereocenters. The largest absolute Gasteiger partial charge is 0.480 e. The van der Waals surface area contributed by atoms with E-state index in [2.05, 4.69) is 5.32 Å². The van der Waals surface area contributed by atoms with Crippen LogP contribution in [0.3, 0.4) is 0 Å². The second kappa shape index (κ2) is 5.89. The van der Waals surface area contributed by atoms with Crippen molar-refractivity contribution in [3.8, 4) is 0 Å². The molecule has 1 rings (SSSR count). The Morgan fingerprint density at radius 1 is 1.24 bits per heavy atom. The van der Waals surface area contributed by atoms with Gasteiger partial charge in [-0.3, -0.25) is 9.59 Å². The Labute approximate surface area is 100 Å². The molecule has 0 aliphatic heterocycles. The SMILES string of the molecule is CNC(=O)CN(CC(=O)O)c1ccc(C)cc1. The minimum absolute atomic E-state index is 0.0336. The maximum Gasteiger partial charge on any atom is 0.323 e. The van der Waals surface area contributed by atoms with Crippen LogP contribution in [0.2, 0.25) is 0 Å². The summed E-state index contributed by atoms with van der Waals surface area (Å²) in [5.41, 5.74) is 1.81. The van der Waals surface area contributed by atoms with E-state index in [0.29, 0.717) is 0 Å². The normalized spacial score (nSPS) is 9.76. The van der Waals surface area contributed by atoms with E-state index in [4.69, 9.17) is 5.11 Å². The van der Waals surface area contributed by atoms with E-state index in [1.165, 1.54) is 11.9 Å². The monoisotopic (exact) mass is 236 g/mol. The molecular weight excluding hydrogens is 220 g/mol. The van der Waals surface area contributed by atoms with Crippen molar-refractivity contribution in [2.75, 3.05) is 25.0 Å². The number of anilines is 1. The number of rotatable bonds is 5. The summed E-state index contributed by atoms with van der Waals surface area (Å²) in [4.78, 5) is 23.6. The number of aryl methyl sites for hydroxylation is 1. The lowest BCUT2D eigenvalue weighted by molar-refractivity contribution is -0.135. The van der Waals surface area contributed by atoms with Gasteiger partial charge in [0.15, 0.2) is 0 Å². The first-order valence-electron chi connectivity index (χ1n) is 5.27. The van der Waals surface area contributed by atoms with E-state index < -0.39 is 5.97 Å². The zero-order valence-corrected chi connectivity index (χ0v) is 9.93. The minimum atomic E-state index is -0.963. The summed E-state index contributed by atoms with van der Waals surface area (Å²) in [5, 5.41) is 11.3. The first-order chi connectivity index (χ1) is 8.02. The van der Waals surface area contributed by atoms with Gasteiger partial charge in [0.2, 0.25) is 5.91 Å². The number of hydrogen-bond donors (Lipinski definition) is 2. The lowest BCUT2D eigenvalue weighted by Crippen LogP contribution is -2.38. The van der Waals surface area contributed by atoms with Crippen LogP contribution in [0, 0.1) is 6.92 Å². The average Bonchev–Trinajstić information content (AvgIpc) is 2.28. The number of amides is 1. The third-order valence-corrected chi connectivity index (χ3v) is 2.34. The van der Waals surface area contributed by atoms with Crippen LogP contribution >= 0.6 is 0 Å². The molecule has 0 aliphatic rings. The maximum atomic E-state index is 11.3. The van der Waals surface area contributed by atoms with Gasteiger partial charge in [0, 0.05) is 12.7 Å². The molecule has 1 amide bonds. The van der Waals surface area contributed by atoms with E-state index in [9.17, 15) is 9.59 Å². The van der Waals surface area contributed by atoms with Crippen molar-refractivity contribution in [3.63, 3.8) is 0 Å². The van der Waals surface area contributed by atoms with Crippen LogP contribution in [0.4, 0.5) is 5.69 Å². The number of carboxylic acid groups (broad SMARTS) is 1. The molecule has 0 saturated heterocycles. The van der Waals surface area contributed by atoms with Gasteiger partial charge in [-0.1, -0.05) is 17.7 Å². The Kier molecular flexibility index (Phi) is 4.51. The first kappa shape index (κ1) is 13.0. The fourth-order valence-corrected chi connectivity index (χ4v) is 1.41. The highest BCUT2D eigenvalue weighted by molar-refractivity contribution is 5.83. The van der Waals surface area contributed by atoms with Gasteiger partial charge in [-0.15, -0.1) is 0 Å². The quantitative estimate of drug-likeness (QED) is 0.786. The van der Waals surface area contributed by atoms with Crippen molar-refractivity contribution >= 4 is 17.6 Å². The minimum Gasteiger partial charge on any atom is -0.480 e. The summed E-state index contributed by atoms with van der Waals surface area (Å²) in [6.07, 6.45) is 0. The van der Waals surface area contributed by atoms with Gasteiger partial charge in [0.25, 0.3) is 0 Å². The third kappa shape index (κ3) is 4.14. The van der Waals surface area contributed by atoms with Crippen molar-refractivity contribution in [2.24, 2.45) is 0 Å². The summed E-state index contributed by atoms with van der Waals surface area (Å²) in [5.74, 6) is -1.18. The lowest BCUT2D eigenvalue weighted by atomic mass is 10.2. The Morgan fingerprint density at radius 2 is 1.82 bits per heavy atom. The molecule has 17 heavy (non-hydrogen) atoms. The van der Waals surface area contributed by atoms with Gasteiger partial charge < -0.3 is 15.3 Å². The van der Waals surface area contributed by atoms with Crippen LogP contribution in [0.1, 0.15) is 5.56 Å². The van der Waals surface area contributed by atoms with Gasteiger partial charge in [-0.2, -0.15) is 0 Å². The van der Waals surface area contributed by atoms with Gasteiger partial charge >= 0.3 is 5.97 Å². The van der Waals surface area contributed by atoms with Crippen molar-refractivity contribution in [2.45, 2.75) is 6.92 Å². The molecule has 1 aromatic carbocycles. The predicted molar refractivity (Wildman–Crippen MR) is 65.1 cm³/mol. The Balaban J connectivity index is 2.85. The number of likely N-dealkylation sites (N-methyl/N-ethyl adjacent to an activating group) is 1. The number of hydrogen-bond acceptors (Lipinski definition) is 3. The molecule has 0 heterocycles. The van der Waals surface area contributed by atoms with E-state index in [0.717, 1.165) is 11.3 Å². The second-order valence-electron chi connectivity index (χ2n) is 3.76. The molecule has 92 valence electrons. The maximum absolute atomic E-state index is 11.3. The zero-order chi connectivity index (χ0) is 12.8. The highest BCUT2D eigenvalue weighted by Gasteiger charge is 2.13. The van der Waals surface area contributed by atoms with E-state index in [1.807, 2.05) is 19.1 Å². The van der Waals surface area contributed by atoms with Gasteiger partial charge in [0.05, 0.1) is 6.54 Å². The molecule has 0 unspecified atom stereocenters. The number of carbonyl (C=O) groups is 2. The topological polar surface area (TPSA) is 69.6 Å². The first-order valence-corrected chi connectivity index (χ1v) is 5.27. The van der Waals surface area contributed by atoms with E-state index >= 15 is 0 Å². The molecule has 0 spiro atoms. The number of benzene rings is 1. The highest BCUT2D eigenvalue weighted by Crippen LogP contribution is 2.14. The molecule has 0 aliphatic carbocycles. The Bertz CT molecular complexity index is 401. The Morgan fingerprint density at radius 3 is 2.29 bits per heavy atom. The summed E-state index contributed by atoms with van der Waals surface area (Å²) in [7, 11) is 1.52. The molecule has 1 aromatic rings. The molecule has 0 saturated carbocycles. The lowest BCUT2D eigenvalue weighted by Gasteiger charge is -2.21. The van der Waals surface area contributed by atoms with Crippen LogP contribution in [0.15, 0.2) is 24.3 Å². The number of aliphatic carboxylic acids is 1.